The molecule has 2 aromatic carbocycles. The van der Waals surface area contributed by atoms with E-state index in [0.717, 1.165) is 10.6 Å². The summed E-state index contributed by atoms with van der Waals surface area (Å²) < 4.78 is 31.7. The molecule has 2 aromatic rings. The number of nitrogens with one attached hydrogen (secondary N) is 1. The third-order valence-electron chi connectivity index (χ3n) is 5.30. The van der Waals surface area contributed by atoms with Gasteiger partial charge in [-0.2, -0.15) is 0 Å². The van der Waals surface area contributed by atoms with Gasteiger partial charge in [-0.05, 0) is 48.7 Å². The first-order chi connectivity index (χ1) is 16.7. The molecule has 0 fully saturated rings. The molecule has 1 unspecified atom stereocenters. The highest BCUT2D eigenvalue weighted by Crippen LogP contribution is 2.33. The number of methoxy groups -OCH3 is 1. The van der Waals surface area contributed by atoms with Gasteiger partial charge in [0.15, 0.2) is 0 Å². The molecule has 0 saturated heterocycles. The second kappa shape index (κ2) is 12.9. The zero-order valence-corrected chi connectivity index (χ0v) is 23.8. The number of nitrogens with zero attached hydrogens (tertiary/aromatic N) is 2. The maximum atomic E-state index is 13.6. The van der Waals surface area contributed by atoms with Gasteiger partial charge in [-0.15, -0.1) is 0 Å². The second-order valence-corrected chi connectivity index (χ2v) is 11.8. The number of sulfonamides is 1. The molecule has 0 saturated carbocycles. The molecule has 0 bridgehead atoms. The molecular weight excluding hydrogens is 549 g/mol. The van der Waals surface area contributed by atoms with Crippen molar-refractivity contribution < 1.29 is 22.7 Å². The van der Waals surface area contributed by atoms with Gasteiger partial charge in [0.05, 0.1) is 19.1 Å². The van der Waals surface area contributed by atoms with Crippen molar-refractivity contribution >= 4 is 62.3 Å². The van der Waals surface area contributed by atoms with Crippen molar-refractivity contribution in [3.8, 4) is 5.75 Å². The Morgan fingerprint density at radius 3 is 2.19 bits per heavy atom. The van der Waals surface area contributed by atoms with Crippen molar-refractivity contribution in [2.75, 3.05) is 30.8 Å². The monoisotopic (exact) mass is 577 g/mol. The molecule has 8 nitrogen and oxygen atoms in total. The fourth-order valence-corrected chi connectivity index (χ4v) is 4.80. The third kappa shape index (κ3) is 8.16. The maximum Gasteiger partial charge on any atom is 0.244 e. The van der Waals surface area contributed by atoms with Crippen LogP contribution in [0.5, 0.6) is 5.75 Å². The molecule has 2 amide bonds. The lowest BCUT2D eigenvalue weighted by Gasteiger charge is -2.32. The van der Waals surface area contributed by atoms with Gasteiger partial charge in [0.2, 0.25) is 21.8 Å². The Kier molecular flexibility index (Phi) is 10.7. The second-order valence-electron chi connectivity index (χ2n) is 8.66. The topological polar surface area (TPSA) is 96.0 Å². The molecule has 1 atom stereocenters. The Bertz CT molecular complexity index is 1210. The first kappa shape index (κ1) is 30.0. The summed E-state index contributed by atoms with van der Waals surface area (Å²) in [6.45, 7) is 5.25. The molecule has 0 aromatic heterocycles. The molecule has 0 radical (unpaired) electrons. The summed E-state index contributed by atoms with van der Waals surface area (Å²) in [7, 11) is -2.57. The molecular formula is C24H30Cl3N3O5S. The average Bonchev–Trinajstić information content (AvgIpc) is 2.79. The van der Waals surface area contributed by atoms with E-state index in [1.807, 2.05) is 13.8 Å². The number of carbonyl (C=O) groups is 2. The van der Waals surface area contributed by atoms with Crippen molar-refractivity contribution in [1.82, 2.24) is 10.2 Å². The maximum absolute atomic E-state index is 13.6. The number of hydrogen-bond donors (Lipinski definition) is 1. The number of anilines is 1. The number of benzene rings is 2. The van der Waals surface area contributed by atoms with E-state index < -0.39 is 28.5 Å². The quantitative estimate of drug-likeness (QED) is 0.420. The van der Waals surface area contributed by atoms with Crippen LogP contribution < -0.4 is 14.4 Å². The van der Waals surface area contributed by atoms with Crippen LogP contribution in [0.2, 0.25) is 15.1 Å². The number of ether oxygens (including phenoxy) is 1. The molecule has 0 aliphatic rings. The summed E-state index contributed by atoms with van der Waals surface area (Å²) in [5.41, 5.74) is 0.645. The molecule has 0 aliphatic carbocycles. The number of hydrogen-bond acceptors (Lipinski definition) is 5. The van der Waals surface area contributed by atoms with Crippen LogP contribution in [0.25, 0.3) is 0 Å². The van der Waals surface area contributed by atoms with Gasteiger partial charge in [-0.1, -0.05) is 54.7 Å². The molecule has 198 valence electrons. The predicted molar refractivity (Wildman–Crippen MR) is 145 cm³/mol. The number of carbonyl (C=O) groups excluding carboxylic acids is 2. The minimum atomic E-state index is -3.95. The van der Waals surface area contributed by atoms with Crippen LogP contribution in [0, 0.1) is 5.92 Å². The van der Waals surface area contributed by atoms with Crippen molar-refractivity contribution in [3.05, 3.63) is 57.0 Å². The molecule has 0 heterocycles. The lowest BCUT2D eigenvalue weighted by atomic mass is 10.1. The van der Waals surface area contributed by atoms with E-state index in [2.05, 4.69) is 5.32 Å². The number of amides is 2. The summed E-state index contributed by atoms with van der Waals surface area (Å²) in [5, 5.41) is 3.80. The van der Waals surface area contributed by atoms with E-state index in [-0.39, 0.29) is 34.8 Å². The number of rotatable bonds is 11. The third-order valence-corrected chi connectivity index (χ3v) is 7.24. The fourth-order valence-electron chi connectivity index (χ4n) is 3.32. The van der Waals surface area contributed by atoms with Crippen LogP contribution in [0.4, 0.5) is 5.69 Å². The minimum absolute atomic E-state index is 0.0462. The van der Waals surface area contributed by atoms with E-state index >= 15 is 0 Å². The summed E-state index contributed by atoms with van der Waals surface area (Å²) >= 11 is 18.4. The average molecular weight is 579 g/mol. The molecule has 2 rings (SSSR count). The van der Waals surface area contributed by atoms with Crippen LogP contribution in [-0.4, -0.2) is 57.6 Å². The highest BCUT2D eigenvalue weighted by Gasteiger charge is 2.31. The summed E-state index contributed by atoms with van der Waals surface area (Å²) in [6, 6.07) is 8.33. The normalized spacial score (nSPS) is 12.2. The van der Waals surface area contributed by atoms with E-state index in [9.17, 15) is 18.0 Å². The SMILES string of the molecule is COc1ccc(Cl)cc1N(CC(=O)N(Cc1ccc(Cl)cc1Cl)C(C)C(=O)NCC(C)C)S(C)(=O)=O. The van der Waals surface area contributed by atoms with Crippen LogP contribution in [0.3, 0.4) is 0 Å². The van der Waals surface area contributed by atoms with Crippen molar-refractivity contribution in [2.45, 2.75) is 33.4 Å². The Balaban J connectivity index is 2.47. The first-order valence-corrected chi connectivity index (χ1v) is 14.0. The summed E-state index contributed by atoms with van der Waals surface area (Å²) in [4.78, 5) is 27.8. The van der Waals surface area contributed by atoms with Crippen molar-refractivity contribution in [3.63, 3.8) is 0 Å². The smallest absolute Gasteiger partial charge is 0.244 e. The van der Waals surface area contributed by atoms with Gasteiger partial charge in [0, 0.05) is 28.2 Å². The van der Waals surface area contributed by atoms with Crippen LogP contribution >= 0.6 is 34.8 Å². The number of halogens is 3. The highest BCUT2D eigenvalue weighted by molar-refractivity contribution is 7.92. The van der Waals surface area contributed by atoms with E-state index in [1.54, 1.807) is 25.1 Å². The molecule has 36 heavy (non-hydrogen) atoms. The van der Waals surface area contributed by atoms with Gasteiger partial charge in [-0.3, -0.25) is 13.9 Å². The van der Waals surface area contributed by atoms with Gasteiger partial charge < -0.3 is 15.0 Å². The lowest BCUT2D eigenvalue weighted by molar-refractivity contribution is -0.139. The Morgan fingerprint density at radius 2 is 1.64 bits per heavy atom. The predicted octanol–water partition coefficient (Wildman–Crippen LogP) is 4.61. The van der Waals surface area contributed by atoms with E-state index in [4.69, 9.17) is 39.5 Å². The summed E-state index contributed by atoms with van der Waals surface area (Å²) in [6.07, 6.45) is 0.972. The van der Waals surface area contributed by atoms with Crippen molar-refractivity contribution in [1.29, 1.82) is 0 Å². The van der Waals surface area contributed by atoms with E-state index in [1.165, 1.54) is 30.2 Å². The first-order valence-electron chi connectivity index (χ1n) is 11.1. The summed E-state index contributed by atoms with van der Waals surface area (Å²) in [5.74, 6) is -0.589. The van der Waals surface area contributed by atoms with Gasteiger partial charge in [0.25, 0.3) is 0 Å². The molecule has 0 spiro atoms. The zero-order chi connectivity index (χ0) is 27.2. The van der Waals surface area contributed by atoms with Gasteiger partial charge in [0.1, 0.15) is 18.3 Å². The van der Waals surface area contributed by atoms with Crippen molar-refractivity contribution in [2.24, 2.45) is 5.92 Å². The standard InChI is InChI=1S/C24H30Cl3N3O5S/c1-15(2)12-28-24(32)16(3)29(13-17-6-7-18(25)10-20(17)27)23(31)14-30(36(5,33)34)21-11-19(26)8-9-22(21)35-4/h6-11,15-16H,12-14H2,1-5H3,(H,28,32). The Labute approximate surface area is 227 Å². The van der Waals surface area contributed by atoms with E-state index in [0.29, 0.717) is 22.2 Å². The largest absolute Gasteiger partial charge is 0.495 e. The lowest BCUT2D eigenvalue weighted by Crippen LogP contribution is -2.51. The van der Waals surface area contributed by atoms with Crippen LogP contribution in [0.1, 0.15) is 26.3 Å². The van der Waals surface area contributed by atoms with Crippen LogP contribution in [-0.2, 0) is 26.2 Å². The highest BCUT2D eigenvalue weighted by atomic mass is 35.5. The van der Waals surface area contributed by atoms with Gasteiger partial charge >= 0.3 is 0 Å². The molecule has 12 heteroatoms. The Hall–Kier alpha value is -2.20. The van der Waals surface area contributed by atoms with Crippen LogP contribution in [0.15, 0.2) is 36.4 Å². The zero-order valence-electron chi connectivity index (χ0n) is 20.7. The van der Waals surface area contributed by atoms with Gasteiger partial charge in [-0.25, -0.2) is 8.42 Å². The molecule has 1 N–H and O–H groups in total. The fraction of sp³-hybridized carbons (Fsp3) is 0.417. The Morgan fingerprint density at radius 1 is 1.03 bits per heavy atom. The molecule has 0 aliphatic heterocycles. The minimum Gasteiger partial charge on any atom is -0.495 e.